The standard InChI is InChI=1S/C33H36F2N6O3S/c1-5-22-24(34)7-6-20-14-21(42)15-23(25(20)22)28-26(35)27-29(45(43)40(28)4)30(41-12-10-32(11-13-41)16-36-17-32)38-31(37-27)44-19-33(8-9-33)18-39(2)3/h1,6-7,14-15,36,42H,8-13,16-19H2,2-4H3. The highest BCUT2D eigenvalue weighted by Gasteiger charge is 2.45. The van der Waals surface area contributed by atoms with E-state index in [-0.39, 0.29) is 55.4 Å². The second kappa shape index (κ2) is 10.9. The lowest BCUT2D eigenvalue weighted by molar-refractivity contribution is 0.125. The molecular formula is C33H36F2N6O3S. The number of ether oxygens (including phenoxy) is 1. The van der Waals surface area contributed by atoms with Crippen molar-refractivity contribution in [2.45, 2.75) is 30.6 Å². The lowest BCUT2D eigenvalue weighted by atomic mass is 9.73. The van der Waals surface area contributed by atoms with Crippen LogP contribution in [0.4, 0.5) is 14.6 Å². The smallest absolute Gasteiger partial charge is 0.319 e. The zero-order valence-electron chi connectivity index (χ0n) is 25.6. The minimum atomic E-state index is -1.95. The van der Waals surface area contributed by atoms with Crippen LogP contribution in [0.3, 0.4) is 0 Å². The van der Waals surface area contributed by atoms with E-state index in [1.807, 2.05) is 14.1 Å². The molecule has 2 saturated heterocycles. The molecule has 45 heavy (non-hydrogen) atoms. The Kier molecular flexibility index (Phi) is 7.26. The summed E-state index contributed by atoms with van der Waals surface area (Å²) < 4.78 is 53.7. The molecule has 4 heterocycles. The van der Waals surface area contributed by atoms with Crippen molar-refractivity contribution in [1.82, 2.24) is 24.5 Å². The van der Waals surface area contributed by atoms with Crippen LogP contribution in [0, 0.1) is 29.0 Å². The highest BCUT2D eigenvalue weighted by molar-refractivity contribution is 7.83. The molecule has 1 aliphatic carbocycles. The number of fused-ring (bicyclic) bond motifs is 2. The van der Waals surface area contributed by atoms with Crippen molar-refractivity contribution >= 4 is 39.1 Å². The molecule has 1 spiro atoms. The topological polar surface area (TPSA) is 94.1 Å². The van der Waals surface area contributed by atoms with Crippen molar-refractivity contribution < 1.29 is 22.8 Å². The Hall–Kier alpha value is -3.79. The summed E-state index contributed by atoms with van der Waals surface area (Å²) in [5.74, 6) is 1.14. The average Bonchev–Trinajstić information content (AvgIpc) is 3.76. The number of nitrogens with zero attached hydrogens (tertiary/aromatic N) is 5. The molecule has 1 atom stereocenters. The van der Waals surface area contributed by atoms with Crippen molar-refractivity contribution in [2.24, 2.45) is 10.8 Å². The van der Waals surface area contributed by atoms with Gasteiger partial charge in [0.05, 0.1) is 17.9 Å². The maximum Gasteiger partial charge on any atom is 0.319 e. The van der Waals surface area contributed by atoms with Crippen molar-refractivity contribution in [2.75, 3.05) is 65.4 Å². The van der Waals surface area contributed by atoms with E-state index in [1.54, 1.807) is 0 Å². The van der Waals surface area contributed by atoms with Crippen LogP contribution in [-0.2, 0) is 11.0 Å². The number of hydrogen-bond acceptors (Lipinski definition) is 8. The molecule has 1 aromatic heterocycles. The zero-order chi connectivity index (χ0) is 31.7. The van der Waals surface area contributed by atoms with Gasteiger partial charge in [0.2, 0.25) is 0 Å². The number of rotatable bonds is 7. The molecule has 0 amide bonds. The van der Waals surface area contributed by atoms with Crippen LogP contribution in [0.15, 0.2) is 29.2 Å². The number of terminal acetylenes is 1. The summed E-state index contributed by atoms with van der Waals surface area (Å²) in [6, 6.07) is 5.43. The fraction of sp³-hybridized carbons (Fsp3) is 0.455. The van der Waals surface area contributed by atoms with E-state index < -0.39 is 22.6 Å². The maximum absolute atomic E-state index is 17.0. The molecule has 0 bridgehead atoms. The van der Waals surface area contributed by atoms with Gasteiger partial charge in [-0.1, -0.05) is 12.0 Å². The Balaban J connectivity index is 1.38. The van der Waals surface area contributed by atoms with E-state index in [2.05, 4.69) is 26.0 Å². The van der Waals surface area contributed by atoms with Gasteiger partial charge in [-0.15, -0.1) is 6.42 Å². The molecule has 3 fully saturated rings. The molecule has 4 aliphatic rings. The van der Waals surface area contributed by atoms with Gasteiger partial charge < -0.3 is 25.0 Å². The van der Waals surface area contributed by atoms with Crippen LogP contribution >= 0.6 is 0 Å². The van der Waals surface area contributed by atoms with Crippen LogP contribution in [0.1, 0.15) is 42.5 Å². The van der Waals surface area contributed by atoms with Crippen LogP contribution in [0.25, 0.3) is 22.3 Å². The first-order valence-electron chi connectivity index (χ1n) is 15.2. The summed E-state index contributed by atoms with van der Waals surface area (Å²) in [5.41, 5.74) is 0.00446. The third kappa shape index (κ3) is 5.11. The van der Waals surface area contributed by atoms with Crippen molar-refractivity contribution in [3.63, 3.8) is 0 Å². The minimum absolute atomic E-state index is 0.0174. The molecule has 236 valence electrons. The number of phenols is 1. The third-order valence-corrected chi connectivity index (χ3v) is 11.1. The second-order valence-corrected chi connectivity index (χ2v) is 14.6. The average molecular weight is 635 g/mol. The fourth-order valence-corrected chi connectivity index (χ4v) is 8.21. The van der Waals surface area contributed by atoms with Gasteiger partial charge in [-0.2, -0.15) is 9.97 Å². The van der Waals surface area contributed by atoms with Gasteiger partial charge >= 0.3 is 6.01 Å². The first kappa shape index (κ1) is 29.9. The lowest BCUT2D eigenvalue weighted by Crippen LogP contribution is -2.58. The van der Waals surface area contributed by atoms with Crippen LogP contribution in [0.2, 0.25) is 0 Å². The van der Waals surface area contributed by atoms with E-state index in [4.69, 9.17) is 16.1 Å². The number of aromatic hydroxyl groups is 1. The molecular weight excluding hydrogens is 598 g/mol. The summed E-state index contributed by atoms with van der Waals surface area (Å²) in [6.07, 6.45) is 9.59. The SMILES string of the molecule is C#Cc1c(F)ccc2cc(O)cc(C3=C(F)c4nc(OCC5(CN(C)C)CC5)nc(N5CCC6(CC5)CNC6)c4S(=O)N3C)c12. The molecule has 9 nitrogen and oxygen atoms in total. The van der Waals surface area contributed by atoms with Gasteiger partial charge in [-0.3, -0.25) is 4.31 Å². The molecule has 7 rings (SSSR count). The first-order valence-corrected chi connectivity index (χ1v) is 16.3. The number of anilines is 1. The van der Waals surface area contributed by atoms with Crippen molar-refractivity contribution in [3.05, 3.63) is 46.9 Å². The molecule has 3 aliphatic heterocycles. The Morgan fingerprint density at radius 2 is 1.89 bits per heavy atom. The maximum atomic E-state index is 17.0. The predicted molar refractivity (Wildman–Crippen MR) is 170 cm³/mol. The monoisotopic (exact) mass is 634 g/mol. The highest BCUT2D eigenvalue weighted by atomic mass is 32.2. The summed E-state index contributed by atoms with van der Waals surface area (Å²) in [7, 11) is 3.58. The van der Waals surface area contributed by atoms with Crippen LogP contribution in [0.5, 0.6) is 11.8 Å². The molecule has 3 aromatic rings. The Morgan fingerprint density at radius 3 is 2.51 bits per heavy atom. The molecule has 2 aromatic carbocycles. The number of nitrogens with one attached hydrogen (secondary N) is 1. The molecule has 2 N–H and O–H groups in total. The fourth-order valence-electron chi connectivity index (χ4n) is 6.96. The first-order chi connectivity index (χ1) is 21.5. The number of piperidine rings is 1. The number of phenolic OH excluding ortho intramolecular Hbond substituents is 1. The Labute approximate surface area is 263 Å². The van der Waals surface area contributed by atoms with Crippen molar-refractivity contribution in [1.29, 1.82) is 0 Å². The van der Waals surface area contributed by atoms with Crippen molar-refractivity contribution in [3.8, 4) is 24.1 Å². The molecule has 1 unspecified atom stereocenters. The van der Waals surface area contributed by atoms with Gasteiger partial charge in [0.25, 0.3) is 0 Å². The summed E-state index contributed by atoms with van der Waals surface area (Å²) >= 11 is 0. The second-order valence-electron chi connectivity index (χ2n) is 13.2. The number of halogens is 2. The van der Waals surface area contributed by atoms with Gasteiger partial charge in [0.15, 0.2) is 22.6 Å². The number of aromatic nitrogens is 2. The van der Waals surface area contributed by atoms with Gasteiger partial charge in [0, 0.05) is 56.1 Å². The molecule has 0 radical (unpaired) electrons. The Bertz CT molecular complexity index is 1800. The number of benzene rings is 2. The highest BCUT2D eigenvalue weighted by Crippen LogP contribution is 2.48. The summed E-state index contributed by atoms with van der Waals surface area (Å²) in [5, 5.41) is 14.6. The molecule has 1 saturated carbocycles. The van der Waals surface area contributed by atoms with E-state index in [9.17, 15) is 13.7 Å². The molecule has 12 heteroatoms. The predicted octanol–water partition coefficient (Wildman–Crippen LogP) is 4.13. The normalized spacial score (nSPS) is 21.6. The van der Waals surface area contributed by atoms with E-state index >= 15 is 4.39 Å². The van der Waals surface area contributed by atoms with Gasteiger partial charge in [-0.05, 0) is 68.8 Å². The van der Waals surface area contributed by atoms with E-state index in [1.165, 1.54) is 35.6 Å². The lowest BCUT2D eigenvalue weighted by Gasteiger charge is -2.48. The summed E-state index contributed by atoms with van der Waals surface area (Å²) in [6.45, 7) is 4.52. The van der Waals surface area contributed by atoms with E-state index in [0.29, 0.717) is 30.9 Å². The largest absolute Gasteiger partial charge is 0.508 e. The van der Waals surface area contributed by atoms with Gasteiger partial charge in [-0.25, -0.2) is 13.0 Å². The minimum Gasteiger partial charge on any atom is -0.508 e. The zero-order valence-corrected chi connectivity index (χ0v) is 26.4. The van der Waals surface area contributed by atoms with Crippen LogP contribution in [-0.4, -0.2) is 89.0 Å². The van der Waals surface area contributed by atoms with Gasteiger partial charge in [0.1, 0.15) is 22.2 Å². The van der Waals surface area contributed by atoms with Crippen LogP contribution < -0.4 is 15.0 Å². The Morgan fingerprint density at radius 1 is 1.16 bits per heavy atom. The quantitative estimate of drug-likeness (QED) is 0.375. The third-order valence-electron chi connectivity index (χ3n) is 9.67. The number of hydrogen-bond donors (Lipinski definition) is 2. The van der Waals surface area contributed by atoms with E-state index in [0.717, 1.165) is 45.3 Å². The summed E-state index contributed by atoms with van der Waals surface area (Å²) in [4.78, 5) is 13.6.